The average molecular weight is 237 g/mol. The van der Waals surface area contributed by atoms with Gasteiger partial charge in [-0.1, -0.05) is 0 Å². The molecule has 0 saturated carbocycles. The van der Waals surface area contributed by atoms with Crippen LogP contribution in [-0.2, 0) is 6.54 Å². The second-order valence-corrected chi connectivity index (χ2v) is 5.34. The summed E-state index contributed by atoms with van der Waals surface area (Å²) < 4.78 is 0. The van der Waals surface area contributed by atoms with Gasteiger partial charge in [0.25, 0.3) is 0 Å². The van der Waals surface area contributed by atoms with E-state index >= 15 is 0 Å². The van der Waals surface area contributed by atoms with Gasteiger partial charge in [0.1, 0.15) is 0 Å². The van der Waals surface area contributed by atoms with Gasteiger partial charge in [-0.05, 0) is 25.2 Å². The molecule has 88 valence electrons. The van der Waals surface area contributed by atoms with Crippen LogP contribution in [0.2, 0.25) is 0 Å². The minimum atomic E-state index is 0.576. The van der Waals surface area contributed by atoms with Crippen LogP contribution >= 0.6 is 11.8 Å². The Morgan fingerprint density at radius 3 is 3.12 bits per heavy atom. The zero-order valence-corrected chi connectivity index (χ0v) is 10.6. The van der Waals surface area contributed by atoms with Crippen LogP contribution in [-0.4, -0.2) is 29.6 Å². The Hall–Kier alpha value is -0.740. The molecular formula is C12H19N3S. The topological polar surface area (TPSA) is 42.1 Å². The monoisotopic (exact) mass is 237 g/mol. The van der Waals surface area contributed by atoms with E-state index in [1.54, 1.807) is 0 Å². The number of nitrogens with zero attached hydrogens (tertiary/aromatic N) is 2. The lowest BCUT2D eigenvalue weighted by atomic mass is 10.2. The molecule has 2 rings (SSSR count). The molecule has 2 heterocycles. The summed E-state index contributed by atoms with van der Waals surface area (Å²) in [5.74, 6) is 2.49. The number of rotatable bonds is 2. The lowest BCUT2D eigenvalue weighted by Gasteiger charge is -2.25. The van der Waals surface area contributed by atoms with E-state index in [2.05, 4.69) is 16.0 Å². The second-order valence-electron chi connectivity index (χ2n) is 4.11. The highest BCUT2D eigenvalue weighted by molar-refractivity contribution is 7.99. The zero-order chi connectivity index (χ0) is 11.4. The Balaban J connectivity index is 2.25. The fraction of sp³-hybridized carbons (Fsp3) is 0.583. The van der Waals surface area contributed by atoms with Gasteiger partial charge >= 0.3 is 0 Å². The molecule has 1 aliphatic rings. The van der Waals surface area contributed by atoms with Crippen molar-refractivity contribution in [3.8, 4) is 0 Å². The molecular weight excluding hydrogens is 218 g/mol. The number of hydrogen-bond acceptors (Lipinski definition) is 4. The number of aryl methyl sites for hydroxylation is 1. The number of anilines is 1. The fourth-order valence-corrected chi connectivity index (χ4v) is 2.90. The smallest absolute Gasteiger partial charge is 0.0445 e. The van der Waals surface area contributed by atoms with Crippen molar-refractivity contribution in [2.24, 2.45) is 5.73 Å². The van der Waals surface area contributed by atoms with Crippen LogP contribution in [0.5, 0.6) is 0 Å². The normalized spacial score (nSPS) is 17.2. The number of pyridine rings is 1. The number of aromatic nitrogens is 1. The Morgan fingerprint density at radius 1 is 1.44 bits per heavy atom. The fourth-order valence-electron chi connectivity index (χ4n) is 2.01. The largest absolute Gasteiger partial charge is 0.370 e. The van der Waals surface area contributed by atoms with Crippen molar-refractivity contribution in [3.63, 3.8) is 0 Å². The van der Waals surface area contributed by atoms with Crippen LogP contribution in [0, 0.1) is 6.92 Å². The molecule has 4 heteroatoms. The van der Waals surface area contributed by atoms with E-state index in [0.29, 0.717) is 6.54 Å². The third-order valence-electron chi connectivity index (χ3n) is 2.88. The second kappa shape index (κ2) is 5.55. The van der Waals surface area contributed by atoms with E-state index in [-0.39, 0.29) is 0 Å². The van der Waals surface area contributed by atoms with Crippen molar-refractivity contribution in [1.82, 2.24) is 4.98 Å². The van der Waals surface area contributed by atoms with Crippen molar-refractivity contribution >= 4 is 17.4 Å². The van der Waals surface area contributed by atoms with E-state index in [4.69, 9.17) is 5.73 Å². The van der Waals surface area contributed by atoms with Crippen molar-refractivity contribution in [1.29, 1.82) is 0 Å². The van der Waals surface area contributed by atoms with Crippen LogP contribution in [0.3, 0.4) is 0 Å². The van der Waals surface area contributed by atoms with Crippen LogP contribution in [0.1, 0.15) is 17.7 Å². The molecule has 0 atom stereocenters. The first-order valence-electron chi connectivity index (χ1n) is 5.79. The maximum absolute atomic E-state index is 5.77. The molecule has 1 aliphatic heterocycles. The lowest BCUT2D eigenvalue weighted by molar-refractivity contribution is 0.805. The van der Waals surface area contributed by atoms with Gasteiger partial charge in [-0.15, -0.1) is 0 Å². The first-order chi connectivity index (χ1) is 7.81. The predicted octanol–water partition coefficient (Wildman–Crippen LogP) is 1.79. The molecule has 0 unspecified atom stereocenters. The van der Waals surface area contributed by atoms with Crippen molar-refractivity contribution < 1.29 is 0 Å². The van der Waals surface area contributed by atoms with Crippen molar-refractivity contribution in [2.45, 2.75) is 19.9 Å². The minimum absolute atomic E-state index is 0.576. The van der Waals surface area contributed by atoms with Gasteiger partial charge in [0.15, 0.2) is 0 Å². The molecule has 1 saturated heterocycles. The summed E-state index contributed by atoms with van der Waals surface area (Å²) in [5, 5.41) is 0. The molecule has 0 amide bonds. The van der Waals surface area contributed by atoms with Gasteiger partial charge < -0.3 is 10.6 Å². The summed E-state index contributed by atoms with van der Waals surface area (Å²) in [5.41, 5.74) is 9.30. The number of nitrogens with two attached hydrogens (primary N) is 1. The predicted molar refractivity (Wildman–Crippen MR) is 71.0 cm³/mol. The van der Waals surface area contributed by atoms with E-state index in [1.807, 2.05) is 24.9 Å². The van der Waals surface area contributed by atoms with E-state index in [9.17, 15) is 0 Å². The summed E-state index contributed by atoms with van der Waals surface area (Å²) >= 11 is 2.04. The lowest BCUT2D eigenvalue weighted by Crippen LogP contribution is -2.27. The van der Waals surface area contributed by atoms with Crippen LogP contribution < -0.4 is 10.6 Å². The third kappa shape index (κ3) is 2.68. The molecule has 1 aromatic rings. The first-order valence-corrected chi connectivity index (χ1v) is 6.95. The Morgan fingerprint density at radius 2 is 2.31 bits per heavy atom. The molecule has 16 heavy (non-hydrogen) atoms. The van der Waals surface area contributed by atoms with Gasteiger partial charge in [-0.25, -0.2) is 0 Å². The molecule has 0 aromatic carbocycles. The van der Waals surface area contributed by atoms with Crippen molar-refractivity contribution in [2.75, 3.05) is 29.5 Å². The quantitative estimate of drug-likeness (QED) is 0.851. The van der Waals surface area contributed by atoms with Crippen molar-refractivity contribution in [3.05, 3.63) is 23.5 Å². The van der Waals surface area contributed by atoms with E-state index < -0.39 is 0 Å². The SMILES string of the molecule is Cc1cc(N2CCCSCC2)c(CN)cn1. The molecule has 2 N–H and O–H groups in total. The average Bonchev–Trinajstić information content (AvgIpc) is 2.57. The summed E-state index contributed by atoms with van der Waals surface area (Å²) in [4.78, 5) is 6.77. The maximum Gasteiger partial charge on any atom is 0.0445 e. The Kier molecular flexibility index (Phi) is 4.07. The highest BCUT2D eigenvalue weighted by Crippen LogP contribution is 2.23. The summed E-state index contributed by atoms with van der Waals surface area (Å²) in [6.07, 6.45) is 3.18. The van der Waals surface area contributed by atoms with Crippen LogP contribution in [0.4, 0.5) is 5.69 Å². The number of thioether (sulfide) groups is 1. The Bertz CT molecular complexity index is 346. The van der Waals surface area contributed by atoms with Gasteiger partial charge in [-0.3, -0.25) is 4.98 Å². The molecule has 0 aliphatic carbocycles. The molecule has 0 spiro atoms. The van der Waals surface area contributed by atoms with Gasteiger partial charge in [0.05, 0.1) is 0 Å². The molecule has 1 aromatic heterocycles. The van der Waals surface area contributed by atoms with Gasteiger partial charge in [0, 0.05) is 48.5 Å². The molecule has 3 nitrogen and oxygen atoms in total. The molecule has 0 bridgehead atoms. The van der Waals surface area contributed by atoms with E-state index in [1.165, 1.54) is 23.6 Å². The third-order valence-corrected chi connectivity index (χ3v) is 3.93. The number of hydrogen-bond donors (Lipinski definition) is 1. The van der Waals surface area contributed by atoms with E-state index in [0.717, 1.165) is 24.3 Å². The molecule has 0 radical (unpaired) electrons. The van der Waals surface area contributed by atoms with Crippen LogP contribution in [0.25, 0.3) is 0 Å². The maximum atomic E-state index is 5.77. The Labute approximate surface area is 101 Å². The summed E-state index contributed by atoms with van der Waals surface area (Å²) in [6.45, 7) is 4.88. The highest BCUT2D eigenvalue weighted by atomic mass is 32.2. The summed E-state index contributed by atoms with van der Waals surface area (Å²) in [6, 6.07) is 2.16. The summed E-state index contributed by atoms with van der Waals surface area (Å²) in [7, 11) is 0. The van der Waals surface area contributed by atoms with Crippen LogP contribution in [0.15, 0.2) is 12.3 Å². The highest BCUT2D eigenvalue weighted by Gasteiger charge is 2.13. The van der Waals surface area contributed by atoms with Gasteiger partial charge in [-0.2, -0.15) is 11.8 Å². The molecule has 1 fully saturated rings. The standard InChI is InChI=1S/C12H19N3S/c1-10-7-12(11(8-13)9-14-10)15-3-2-5-16-6-4-15/h7,9H,2-6,8,13H2,1H3. The van der Waals surface area contributed by atoms with Gasteiger partial charge in [0.2, 0.25) is 0 Å². The zero-order valence-electron chi connectivity index (χ0n) is 9.78. The minimum Gasteiger partial charge on any atom is -0.370 e. The first kappa shape index (κ1) is 11.7.